The molecule has 25 heavy (non-hydrogen) atoms. The number of para-hydroxylation sites is 2. The van der Waals surface area contributed by atoms with Gasteiger partial charge in [-0.15, -0.1) is 0 Å². The molecule has 132 valence electrons. The van der Waals surface area contributed by atoms with Crippen molar-refractivity contribution in [2.45, 2.75) is 57.9 Å². The summed E-state index contributed by atoms with van der Waals surface area (Å²) in [4.78, 5) is 20.7. The van der Waals surface area contributed by atoms with Crippen molar-refractivity contribution in [2.24, 2.45) is 23.2 Å². The van der Waals surface area contributed by atoms with E-state index < -0.39 is 0 Å². The smallest absolute Gasteiger partial charge is 0.221 e. The third-order valence-electron chi connectivity index (χ3n) is 6.90. The summed E-state index contributed by atoms with van der Waals surface area (Å²) in [6.45, 7) is 2.02. The largest absolute Gasteiger partial charge is 0.346 e. The summed E-state index contributed by atoms with van der Waals surface area (Å²) in [6.07, 6.45) is 8.84. The first-order valence-corrected chi connectivity index (χ1v) is 9.83. The highest BCUT2D eigenvalue weighted by molar-refractivity contribution is 5.78. The molecule has 0 aliphatic heterocycles. The Morgan fingerprint density at radius 1 is 1.20 bits per heavy atom. The van der Waals surface area contributed by atoms with Crippen LogP contribution in [0.4, 0.5) is 0 Å². The molecule has 4 bridgehead atoms. The lowest BCUT2D eigenvalue weighted by molar-refractivity contribution is -0.130. The van der Waals surface area contributed by atoms with Crippen LogP contribution in [0.3, 0.4) is 0 Å². The first kappa shape index (κ1) is 15.4. The maximum absolute atomic E-state index is 12.8. The summed E-state index contributed by atoms with van der Waals surface area (Å²) in [5.41, 5.74) is 2.28. The van der Waals surface area contributed by atoms with Crippen LogP contribution in [0.1, 0.15) is 63.7 Å². The Balaban J connectivity index is 1.27. The van der Waals surface area contributed by atoms with Gasteiger partial charge in [0.2, 0.25) is 5.91 Å². The molecule has 2 N–H and O–H groups in total. The highest BCUT2D eigenvalue weighted by Gasteiger charge is 2.51. The molecular weight excluding hydrogens is 310 g/mol. The number of aromatic nitrogens is 2. The highest BCUT2D eigenvalue weighted by Crippen LogP contribution is 2.61. The monoisotopic (exact) mass is 337 g/mol. The molecule has 1 amide bonds. The molecular formula is C21H27N3O. The molecule has 1 aromatic carbocycles. The first-order chi connectivity index (χ1) is 12.1. The summed E-state index contributed by atoms with van der Waals surface area (Å²) in [7, 11) is 0. The number of benzene rings is 1. The predicted octanol–water partition coefficient (Wildman–Crippen LogP) is 4.35. The quantitative estimate of drug-likeness (QED) is 0.871. The Kier molecular flexibility index (Phi) is 3.44. The lowest BCUT2D eigenvalue weighted by Crippen LogP contribution is -2.48. The van der Waals surface area contributed by atoms with Crippen molar-refractivity contribution in [3.63, 3.8) is 0 Å². The van der Waals surface area contributed by atoms with E-state index in [-0.39, 0.29) is 11.9 Å². The molecule has 1 aromatic heterocycles. The van der Waals surface area contributed by atoms with E-state index in [0.29, 0.717) is 11.8 Å². The van der Waals surface area contributed by atoms with E-state index in [0.717, 1.165) is 34.6 Å². The van der Waals surface area contributed by atoms with Gasteiger partial charge in [-0.3, -0.25) is 4.79 Å². The molecule has 0 saturated heterocycles. The Morgan fingerprint density at radius 3 is 2.48 bits per heavy atom. The zero-order chi connectivity index (χ0) is 17.0. The van der Waals surface area contributed by atoms with E-state index in [1.165, 1.54) is 38.5 Å². The molecule has 6 rings (SSSR count). The molecule has 4 heteroatoms. The Morgan fingerprint density at radius 2 is 1.84 bits per heavy atom. The van der Waals surface area contributed by atoms with Crippen LogP contribution in [0.15, 0.2) is 24.3 Å². The predicted molar refractivity (Wildman–Crippen MR) is 97.9 cm³/mol. The molecule has 1 heterocycles. The number of carbonyl (C=O) groups excluding carboxylic acids is 1. The average Bonchev–Trinajstić information content (AvgIpc) is 2.97. The summed E-state index contributed by atoms with van der Waals surface area (Å²) < 4.78 is 0. The minimum Gasteiger partial charge on any atom is -0.346 e. The number of rotatable bonds is 4. The topological polar surface area (TPSA) is 57.8 Å². The number of nitrogens with one attached hydrogen (secondary N) is 2. The fraction of sp³-hybridized carbons (Fsp3) is 0.619. The average molecular weight is 337 g/mol. The van der Waals surface area contributed by atoms with Crippen LogP contribution < -0.4 is 5.32 Å². The molecule has 0 spiro atoms. The van der Waals surface area contributed by atoms with Gasteiger partial charge in [0.15, 0.2) is 0 Å². The normalized spacial score (nSPS) is 34.4. The van der Waals surface area contributed by atoms with Crippen LogP contribution in [0.5, 0.6) is 0 Å². The molecule has 4 aliphatic rings. The molecule has 0 radical (unpaired) electrons. The van der Waals surface area contributed by atoms with E-state index in [1.807, 2.05) is 31.2 Å². The first-order valence-electron chi connectivity index (χ1n) is 9.83. The van der Waals surface area contributed by atoms with Gasteiger partial charge in [0, 0.05) is 6.42 Å². The fourth-order valence-corrected chi connectivity index (χ4v) is 6.39. The van der Waals surface area contributed by atoms with Crippen molar-refractivity contribution in [2.75, 3.05) is 0 Å². The van der Waals surface area contributed by atoms with Gasteiger partial charge in [-0.1, -0.05) is 12.1 Å². The Hall–Kier alpha value is -1.84. The van der Waals surface area contributed by atoms with Crippen molar-refractivity contribution in [3.05, 3.63) is 30.1 Å². The van der Waals surface area contributed by atoms with Gasteiger partial charge >= 0.3 is 0 Å². The number of aromatic amines is 1. The third-order valence-corrected chi connectivity index (χ3v) is 6.90. The lowest BCUT2D eigenvalue weighted by Gasteiger charge is -2.56. The number of hydrogen-bond donors (Lipinski definition) is 2. The molecule has 2 aromatic rings. The summed E-state index contributed by atoms with van der Waals surface area (Å²) in [5.74, 6) is 3.74. The second-order valence-corrected chi connectivity index (χ2v) is 9.02. The van der Waals surface area contributed by atoms with Crippen molar-refractivity contribution in [1.82, 2.24) is 15.3 Å². The van der Waals surface area contributed by atoms with E-state index in [4.69, 9.17) is 0 Å². The number of carbonyl (C=O) groups is 1. The van der Waals surface area contributed by atoms with Gasteiger partial charge in [0.1, 0.15) is 5.82 Å². The third kappa shape index (κ3) is 2.76. The minimum atomic E-state index is -0.0752. The van der Waals surface area contributed by atoms with Crippen molar-refractivity contribution in [1.29, 1.82) is 0 Å². The number of amides is 1. The Labute approximate surface area is 148 Å². The van der Waals surface area contributed by atoms with Gasteiger partial charge in [0.05, 0.1) is 17.1 Å². The highest BCUT2D eigenvalue weighted by atomic mass is 16.1. The van der Waals surface area contributed by atoms with Crippen molar-refractivity contribution >= 4 is 16.9 Å². The SMILES string of the molecule is CC(NC(=O)CC12CC3CC(CC(C3)C1)C2)c1nc2ccccc2[nH]1. The number of imidazole rings is 1. The molecule has 1 unspecified atom stereocenters. The van der Waals surface area contributed by atoms with Crippen molar-refractivity contribution < 1.29 is 4.79 Å². The second kappa shape index (κ2) is 5.58. The van der Waals surface area contributed by atoms with E-state index >= 15 is 0 Å². The van der Waals surface area contributed by atoms with Crippen LogP contribution in [-0.4, -0.2) is 15.9 Å². The maximum atomic E-state index is 12.8. The minimum absolute atomic E-state index is 0.0752. The van der Waals surface area contributed by atoms with Crippen LogP contribution >= 0.6 is 0 Å². The van der Waals surface area contributed by atoms with Gasteiger partial charge in [-0.25, -0.2) is 4.98 Å². The summed E-state index contributed by atoms with van der Waals surface area (Å²) in [5, 5.41) is 3.20. The van der Waals surface area contributed by atoms with E-state index in [2.05, 4.69) is 15.3 Å². The number of fused-ring (bicyclic) bond motifs is 1. The number of H-pyrrole nitrogens is 1. The molecule has 4 nitrogen and oxygen atoms in total. The molecule has 4 aliphatic carbocycles. The van der Waals surface area contributed by atoms with E-state index in [9.17, 15) is 4.79 Å². The van der Waals surface area contributed by atoms with Gasteiger partial charge in [-0.05, 0) is 80.8 Å². The number of nitrogens with zero attached hydrogens (tertiary/aromatic N) is 1. The molecule has 4 saturated carbocycles. The Bertz CT molecular complexity index is 740. The molecule has 4 fully saturated rings. The van der Waals surface area contributed by atoms with Gasteiger partial charge in [0.25, 0.3) is 0 Å². The zero-order valence-corrected chi connectivity index (χ0v) is 14.9. The van der Waals surface area contributed by atoms with Crippen LogP contribution in [0, 0.1) is 23.2 Å². The molecule has 1 atom stereocenters. The van der Waals surface area contributed by atoms with E-state index in [1.54, 1.807) is 0 Å². The second-order valence-electron chi connectivity index (χ2n) is 9.02. The number of hydrogen-bond acceptors (Lipinski definition) is 2. The van der Waals surface area contributed by atoms with Crippen LogP contribution in [-0.2, 0) is 4.79 Å². The fourth-order valence-electron chi connectivity index (χ4n) is 6.39. The standard InChI is InChI=1S/C21H27N3O/c1-13(20-23-17-4-2-3-5-18(17)24-20)22-19(25)12-21-9-14-6-15(10-21)8-16(7-14)11-21/h2-5,13-16H,6-12H2,1H3,(H,22,25)(H,23,24). The van der Waals surface area contributed by atoms with Crippen LogP contribution in [0.25, 0.3) is 11.0 Å². The van der Waals surface area contributed by atoms with Crippen LogP contribution in [0.2, 0.25) is 0 Å². The van der Waals surface area contributed by atoms with Gasteiger partial charge < -0.3 is 10.3 Å². The maximum Gasteiger partial charge on any atom is 0.221 e. The summed E-state index contributed by atoms with van der Waals surface area (Å²) >= 11 is 0. The van der Waals surface area contributed by atoms with Gasteiger partial charge in [-0.2, -0.15) is 0 Å². The van der Waals surface area contributed by atoms with Crippen molar-refractivity contribution in [3.8, 4) is 0 Å². The lowest BCUT2D eigenvalue weighted by atomic mass is 9.49. The zero-order valence-electron chi connectivity index (χ0n) is 14.9. The summed E-state index contributed by atoms with van der Waals surface area (Å²) in [6, 6.07) is 7.94.